The quantitative estimate of drug-likeness (QED) is 0.221. The van der Waals surface area contributed by atoms with Crippen molar-refractivity contribution in [3.05, 3.63) is 12.7 Å². The first-order chi connectivity index (χ1) is 9.97. The van der Waals surface area contributed by atoms with E-state index >= 15 is 0 Å². The van der Waals surface area contributed by atoms with Crippen molar-refractivity contribution in [2.75, 3.05) is 13.2 Å². The van der Waals surface area contributed by atoms with Crippen LogP contribution in [0.4, 0.5) is 0 Å². The third-order valence-electron chi connectivity index (χ3n) is 3.37. The predicted molar refractivity (Wildman–Crippen MR) is 88.5 cm³/mol. The van der Waals surface area contributed by atoms with Crippen molar-refractivity contribution < 1.29 is 18.4 Å². The average molecular weight is 317 g/mol. The van der Waals surface area contributed by atoms with Gasteiger partial charge in [-0.15, -0.1) is 0 Å². The molecule has 0 fully saturated rings. The lowest BCUT2D eigenvalue weighted by molar-refractivity contribution is -0.142. The van der Waals surface area contributed by atoms with Gasteiger partial charge in [0.15, 0.2) is 0 Å². The Balaban J connectivity index is 3.70. The normalized spacial score (nSPS) is 13.0. The van der Waals surface area contributed by atoms with Crippen LogP contribution in [-0.4, -0.2) is 33.8 Å². The number of hydrogen-bond donors (Lipinski definition) is 0. The molecule has 0 aromatic heterocycles. The molecule has 4 nitrogen and oxygen atoms in total. The second kappa shape index (κ2) is 11.9. The van der Waals surface area contributed by atoms with Crippen LogP contribution in [0.2, 0.25) is 12.6 Å². The van der Waals surface area contributed by atoms with Crippen LogP contribution in [0.25, 0.3) is 0 Å². The molecule has 0 spiro atoms. The van der Waals surface area contributed by atoms with Gasteiger partial charge in [0.1, 0.15) is 0 Å². The molecule has 0 aliphatic heterocycles. The Morgan fingerprint density at radius 1 is 1.14 bits per heavy atom. The highest BCUT2D eigenvalue weighted by atomic mass is 28.4. The van der Waals surface area contributed by atoms with Crippen molar-refractivity contribution in [1.29, 1.82) is 0 Å². The number of carbonyl (C=O) groups is 1. The highest BCUT2D eigenvalue weighted by Gasteiger charge is 2.29. The Morgan fingerprint density at radius 3 is 2.24 bits per heavy atom. The maximum Gasteiger partial charge on any atom is 0.334 e. The van der Waals surface area contributed by atoms with Gasteiger partial charge in [-0.3, -0.25) is 0 Å². The molecule has 0 aliphatic carbocycles. The van der Waals surface area contributed by atoms with Crippen LogP contribution in [0.15, 0.2) is 12.7 Å². The van der Waals surface area contributed by atoms with Crippen LogP contribution in [0.5, 0.6) is 0 Å². The molecule has 1 atom stereocenters. The average Bonchev–Trinajstić information content (AvgIpc) is 2.43. The maximum absolute atomic E-state index is 11.0. The first kappa shape index (κ1) is 20.3. The Bertz CT molecular complexity index is 288. The third kappa shape index (κ3) is 10.7. The highest BCUT2D eigenvalue weighted by Crippen LogP contribution is 2.19. The van der Waals surface area contributed by atoms with Gasteiger partial charge in [-0.2, -0.15) is 0 Å². The minimum absolute atomic E-state index is 0.0259. The molecule has 0 aliphatic rings. The van der Waals surface area contributed by atoms with Crippen molar-refractivity contribution in [3.63, 3.8) is 0 Å². The van der Waals surface area contributed by atoms with Crippen molar-refractivity contribution in [3.8, 4) is 0 Å². The molecular formula is C16H32O4Si. The second-order valence-electron chi connectivity index (χ2n) is 5.40. The zero-order valence-electron chi connectivity index (χ0n) is 14.2. The summed E-state index contributed by atoms with van der Waals surface area (Å²) in [6.07, 6.45) is 6.64. The Morgan fingerprint density at radius 2 is 1.71 bits per heavy atom. The van der Waals surface area contributed by atoms with E-state index in [1.54, 1.807) is 0 Å². The molecule has 5 heteroatoms. The first-order valence-electron chi connectivity index (χ1n) is 8.08. The Hall–Kier alpha value is -0.653. The topological polar surface area (TPSA) is 44.8 Å². The van der Waals surface area contributed by atoms with Crippen molar-refractivity contribution in [1.82, 2.24) is 0 Å². The second-order valence-corrected chi connectivity index (χ2v) is 8.75. The zero-order valence-corrected chi connectivity index (χ0v) is 15.2. The molecule has 0 N–H and O–H groups in total. The monoisotopic (exact) mass is 316 g/mol. The van der Waals surface area contributed by atoms with E-state index in [0.29, 0.717) is 0 Å². The van der Waals surface area contributed by atoms with Gasteiger partial charge in [0, 0.05) is 19.3 Å². The Labute approximate surface area is 131 Å². The van der Waals surface area contributed by atoms with Gasteiger partial charge < -0.3 is 13.6 Å². The van der Waals surface area contributed by atoms with Crippen LogP contribution in [-0.2, 0) is 18.4 Å². The van der Waals surface area contributed by atoms with E-state index in [9.17, 15) is 4.79 Å². The van der Waals surface area contributed by atoms with Gasteiger partial charge in [0.25, 0.3) is 0 Å². The van der Waals surface area contributed by atoms with Gasteiger partial charge in [-0.1, -0.05) is 25.8 Å². The molecule has 21 heavy (non-hydrogen) atoms. The molecule has 0 heterocycles. The predicted octanol–water partition coefficient (Wildman–Crippen LogP) is 4.20. The standard InChI is InChI=1S/C16H32O4Si/c1-6-16(17)20-15(4)13-11-9-10-12-14-21(5,18-7-2)19-8-3/h6,15H,1,7-14H2,2-5H3. The van der Waals surface area contributed by atoms with E-state index in [0.717, 1.165) is 44.9 Å². The van der Waals surface area contributed by atoms with E-state index in [1.807, 2.05) is 20.8 Å². The molecule has 0 rings (SSSR count). The van der Waals surface area contributed by atoms with Gasteiger partial charge in [-0.05, 0) is 46.2 Å². The zero-order chi connectivity index (χ0) is 16.1. The molecule has 0 aromatic rings. The fraction of sp³-hybridized carbons (Fsp3) is 0.812. The molecule has 0 saturated heterocycles. The smallest absolute Gasteiger partial charge is 0.334 e. The number of ether oxygens (including phenoxy) is 1. The number of unbranched alkanes of at least 4 members (excludes halogenated alkanes) is 3. The lowest BCUT2D eigenvalue weighted by Crippen LogP contribution is -2.38. The summed E-state index contributed by atoms with van der Waals surface area (Å²) >= 11 is 0. The first-order valence-corrected chi connectivity index (χ1v) is 10.6. The summed E-state index contributed by atoms with van der Waals surface area (Å²) in [6, 6.07) is 1.05. The van der Waals surface area contributed by atoms with Crippen LogP contribution in [0.1, 0.15) is 52.9 Å². The van der Waals surface area contributed by atoms with Gasteiger partial charge >= 0.3 is 14.5 Å². The van der Waals surface area contributed by atoms with E-state index in [1.165, 1.54) is 12.5 Å². The third-order valence-corrected chi connectivity index (χ3v) is 6.44. The van der Waals surface area contributed by atoms with Crippen LogP contribution in [0.3, 0.4) is 0 Å². The number of esters is 1. The van der Waals surface area contributed by atoms with E-state index in [4.69, 9.17) is 13.6 Å². The summed E-state index contributed by atoms with van der Waals surface area (Å²) in [5.74, 6) is -0.335. The van der Waals surface area contributed by atoms with Gasteiger partial charge in [0.2, 0.25) is 0 Å². The molecule has 0 radical (unpaired) electrons. The Kier molecular flexibility index (Phi) is 11.6. The van der Waals surface area contributed by atoms with E-state index in [2.05, 4.69) is 13.1 Å². The van der Waals surface area contributed by atoms with E-state index < -0.39 is 8.56 Å². The molecule has 0 saturated carbocycles. The van der Waals surface area contributed by atoms with Crippen LogP contribution < -0.4 is 0 Å². The molecule has 0 aromatic carbocycles. The van der Waals surface area contributed by atoms with Crippen LogP contribution in [0, 0.1) is 0 Å². The van der Waals surface area contributed by atoms with Crippen molar-refractivity contribution >= 4 is 14.5 Å². The number of hydrogen-bond acceptors (Lipinski definition) is 4. The fourth-order valence-corrected chi connectivity index (χ4v) is 4.82. The summed E-state index contributed by atoms with van der Waals surface area (Å²) < 4.78 is 16.8. The SMILES string of the molecule is C=CC(=O)OC(C)CCCCCC[Si](C)(OCC)OCC. The fourth-order valence-electron chi connectivity index (χ4n) is 2.33. The molecule has 1 unspecified atom stereocenters. The van der Waals surface area contributed by atoms with Gasteiger partial charge in [-0.25, -0.2) is 4.79 Å². The number of rotatable bonds is 13. The summed E-state index contributed by atoms with van der Waals surface area (Å²) in [7, 11) is -1.94. The highest BCUT2D eigenvalue weighted by molar-refractivity contribution is 6.66. The van der Waals surface area contributed by atoms with E-state index in [-0.39, 0.29) is 12.1 Å². The molecule has 0 amide bonds. The van der Waals surface area contributed by atoms with Gasteiger partial charge in [0.05, 0.1) is 6.10 Å². The summed E-state index contributed by atoms with van der Waals surface area (Å²) in [6.45, 7) is 13.0. The van der Waals surface area contributed by atoms with Crippen LogP contribution >= 0.6 is 0 Å². The molecular weight excluding hydrogens is 284 g/mol. The minimum atomic E-state index is -1.94. The lowest BCUT2D eigenvalue weighted by Gasteiger charge is -2.25. The molecule has 124 valence electrons. The van der Waals surface area contributed by atoms with Crippen molar-refractivity contribution in [2.45, 2.75) is 71.6 Å². The summed E-state index contributed by atoms with van der Waals surface area (Å²) in [4.78, 5) is 11.0. The van der Waals surface area contributed by atoms with Crippen molar-refractivity contribution in [2.24, 2.45) is 0 Å². The summed E-state index contributed by atoms with van der Waals surface area (Å²) in [5, 5.41) is 0. The lowest BCUT2D eigenvalue weighted by atomic mass is 10.1. The minimum Gasteiger partial charge on any atom is -0.460 e. The number of carbonyl (C=O) groups excluding carboxylic acids is 1. The molecule has 0 bridgehead atoms. The maximum atomic E-state index is 11.0. The largest absolute Gasteiger partial charge is 0.460 e. The summed E-state index contributed by atoms with van der Waals surface area (Å²) in [5.41, 5.74) is 0.